The lowest BCUT2D eigenvalue weighted by atomic mass is 9.72. The average Bonchev–Trinajstić information content (AvgIpc) is 3.94. The molecule has 4 aromatic rings. The number of benzene rings is 2. The van der Waals surface area contributed by atoms with Gasteiger partial charge in [0, 0.05) is 87.2 Å². The summed E-state index contributed by atoms with van der Waals surface area (Å²) in [5, 5.41) is 8.81. The van der Waals surface area contributed by atoms with E-state index >= 15 is 0 Å². The number of nitrogens with zero attached hydrogens (tertiary/aromatic N) is 7. The highest BCUT2D eigenvalue weighted by atomic mass is 19.4. The first kappa shape index (κ1) is 41.0. The number of ether oxygens (including phenoxy) is 4. The largest absolute Gasteiger partial charge is 0.481 e. The Morgan fingerprint density at radius 2 is 1.62 bits per heavy atom. The van der Waals surface area contributed by atoms with E-state index in [1.165, 1.54) is 0 Å². The number of nitrogens with one attached hydrogen (secondary N) is 1. The normalized spacial score (nSPS) is 20.9. The molecule has 5 fully saturated rings. The molecule has 4 saturated heterocycles. The van der Waals surface area contributed by atoms with Gasteiger partial charge in [-0.3, -0.25) is 10.00 Å². The molecule has 13 nitrogen and oxygen atoms in total. The van der Waals surface area contributed by atoms with Crippen molar-refractivity contribution in [2.24, 2.45) is 5.41 Å². The van der Waals surface area contributed by atoms with Gasteiger partial charge in [-0.2, -0.15) is 28.2 Å². The Balaban J connectivity index is 1.07. The minimum atomic E-state index is -4.59. The summed E-state index contributed by atoms with van der Waals surface area (Å²) in [7, 11) is 0. The quantitative estimate of drug-likeness (QED) is 0.173. The number of aryl methyl sites for hydroxylation is 1. The Kier molecular flexibility index (Phi) is 11.0. The van der Waals surface area contributed by atoms with Gasteiger partial charge in [0.05, 0.1) is 24.9 Å². The zero-order chi connectivity index (χ0) is 41.8. The van der Waals surface area contributed by atoms with Gasteiger partial charge in [-0.15, -0.1) is 0 Å². The number of amides is 1. The Bertz CT molecular complexity index is 2190. The number of aromatic nitrogens is 4. The highest BCUT2D eigenvalue weighted by Gasteiger charge is 2.48. The number of likely N-dealkylation sites (tertiary alicyclic amines) is 2. The second kappa shape index (κ2) is 16.1. The SMILES string of the molecule is Cc1ccc2[nH]ncc2c1-c1c(C2CC2)cc2c(N3CCC4(CC3)CN(C(=O)OC(C)(C)C)C4)nc(OC3CCN(CCN4CCOCC4)CC3)nc2c1OCC(F)(F)F. The van der Waals surface area contributed by atoms with Gasteiger partial charge in [0.2, 0.25) is 0 Å². The number of aromatic amines is 1. The molecule has 1 aliphatic carbocycles. The summed E-state index contributed by atoms with van der Waals surface area (Å²) in [5.41, 5.74) is 3.73. The van der Waals surface area contributed by atoms with Crippen LogP contribution in [0.3, 0.4) is 0 Å². The van der Waals surface area contributed by atoms with Crippen LogP contribution >= 0.6 is 0 Å². The van der Waals surface area contributed by atoms with Crippen molar-refractivity contribution >= 4 is 33.7 Å². The molecule has 0 atom stereocenters. The highest BCUT2D eigenvalue weighted by Crippen LogP contribution is 2.53. The fourth-order valence-electron chi connectivity index (χ4n) is 9.48. The number of anilines is 1. The molecule has 60 heavy (non-hydrogen) atoms. The van der Waals surface area contributed by atoms with E-state index in [1.54, 1.807) is 11.1 Å². The van der Waals surface area contributed by atoms with Gasteiger partial charge in [-0.25, -0.2) is 4.79 Å². The van der Waals surface area contributed by atoms with Crippen LogP contribution in [0, 0.1) is 12.3 Å². The van der Waals surface area contributed by atoms with Crippen molar-refractivity contribution < 1.29 is 36.9 Å². The number of morpholine rings is 1. The summed E-state index contributed by atoms with van der Waals surface area (Å²) < 4.78 is 66.4. The number of rotatable bonds is 10. The van der Waals surface area contributed by atoms with Crippen molar-refractivity contribution in [1.82, 2.24) is 34.9 Å². The predicted molar refractivity (Wildman–Crippen MR) is 222 cm³/mol. The molecule has 0 unspecified atom stereocenters. The van der Waals surface area contributed by atoms with Crippen LogP contribution in [-0.2, 0) is 9.47 Å². The third-order valence-corrected chi connectivity index (χ3v) is 12.9. The molecule has 5 aliphatic rings. The van der Waals surface area contributed by atoms with E-state index in [0.29, 0.717) is 48.5 Å². The van der Waals surface area contributed by atoms with Gasteiger partial charge < -0.3 is 33.6 Å². The van der Waals surface area contributed by atoms with Crippen LogP contribution in [0.5, 0.6) is 11.8 Å². The van der Waals surface area contributed by atoms with E-state index in [-0.39, 0.29) is 35.3 Å². The number of alkyl halides is 3. The monoisotopic (exact) mass is 834 g/mol. The molecule has 2 aromatic carbocycles. The molecule has 9 rings (SSSR count). The number of H-pyrrole nitrogens is 1. The van der Waals surface area contributed by atoms with Crippen LogP contribution in [0.25, 0.3) is 32.9 Å². The maximum atomic E-state index is 14.2. The van der Waals surface area contributed by atoms with Crippen LogP contribution in [-0.4, -0.2) is 144 Å². The second-order valence-corrected chi connectivity index (χ2v) is 18.6. The Morgan fingerprint density at radius 3 is 2.28 bits per heavy atom. The minimum absolute atomic E-state index is 0.0283. The van der Waals surface area contributed by atoms with Crippen molar-refractivity contribution in [2.75, 3.05) is 90.2 Å². The number of halogens is 3. The number of hydrogen-bond donors (Lipinski definition) is 1. The fourth-order valence-corrected chi connectivity index (χ4v) is 9.48. The lowest BCUT2D eigenvalue weighted by Crippen LogP contribution is -2.62. The van der Waals surface area contributed by atoms with Crippen LogP contribution in [0.15, 0.2) is 24.4 Å². The summed E-state index contributed by atoms with van der Waals surface area (Å²) in [6.07, 6.45) is 1.74. The summed E-state index contributed by atoms with van der Waals surface area (Å²) in [6.45, 7) is 15.9. The Labute approximate surface area is 348 Å². The van der Waals surface area contributed by atoms with Crippen molar-refractivity contribution in [3.63, 3.8) is 0 Å². The van der Waals surface area contributed by atoms with Gasteiger partial charge in [-0.05, 0) is 101 Å². The Morgan fingerprint density at radius 1 is 0.917 bits per heavy atom. The molecule has 0 radical (unpaired) electrons. The molecule has 1 N–H and O–H groups in total. The summed E-state index contributed by atoms with van der Waals surface area (Å²) in [6, 6.07) is 6.15. The van der Waals surface area contributed by atoms with Crippen LogP contribution in [0.1, 0.15) is 76.3 Å². The zero-order valence-electron chi connectivity index (χ0n) is 35.2. The minimum Gasteiger partial charge on any atom is -0.481 e. The molecular formula is C44H57F3N8O5. The first-order chi connectivity index (χ1) is 28.7. The van der Waals surface area contributed by atoms with E-state index < -0.39 is 18.4 Å². The lowest BCUT2D eigenvalue weighted by molar-refractivity contribution is -0.153. The maximum absolute atomic E-state index is 14.2. The van der Waals surface area contributed by atoms with Crippen molar-refractivity contribution in [3.8, 4) is 22.9 Å². The standard InChI is InChI=1S/C44H57F3N8O5/c1-28-5-8-34-33(24-48-51-34)35(28)36-31(29-6-7-29)23-32-37(38(36)58-27-44(45,46)47)49-40(59-30-9-13-52(14-10-30)17-18-53-19-21-57-22-20-53)50-39(32)54-15-11-43(12-16-54)25-55(26-43)41(56)60-42(2,3)4/h5,8,23-24,29-30H,6-7,9-22,25-27H2,1-4H3,(H,48,51). The lowest BCUT2D eigenvalue weighted by Gasteiger charge is -2.53. The smallest absolute Gasteiger partial charge is 0.422 e. The number of carbonyl (C=O) groups is 1. The fraction of sp³-hybridized carbons (Fsp3) is 0.636. The summed E-state index contributed by atoms with van der Waals surface area (Å²) >= 11 is 0. The van der Waals surface area contributed by atoms with Crippen molar-refractivity contribution in [3.05, 3.63) is 35.5 Å². The molecule has 4 aliphatic heterocycles. The Hall–Kier alpha value is -4.41. The third-order valence-electron chi connectivity index (χ3n) is 12.9. The van der Waals surface area contributed by atoms with Gasteiger partial charge in [0.15, 0.2) is 12.4 Å². The predicted octanol–water partition coefficient (Wildman–Crippen LogP) is 7.31. The molecule has 1 amide bonds. The van der Waals surface area contributed by atoms with Gasteiger partial charge in [-0.1, -0.05) is 6.07 Å². The molecule has 1 saturated carbocycles. The first-order valence-electron chi connectivity index (χ1n) is 21.6. The molecule has 2 aromatic heterocycles. The van der Waals surface area contributed by atoms with E-state index in [0.717, 1.165) is 119 Å². The number of hydrogen-bond acceptors (Lipinski definition) is 11. The molecule has 0 bridgehead atoms. The summed E-state index contributed by atoms with van der Waals surface area (Å²) in [4.78, 5) is 31.8. The zero-order valence-corrected chi connectivity index (χ0v) is 35.2. The second-order valence-electron chi connectivity index (χ2n) is 18.6. The van der Waals surface area contributed by atoms with Crippen LogP contribution < -0.4 is 14.4 Å². The first-order valence-corrected chi connectivity index (χ1v) is 21.6. The molecule has 16 heteroatoms. The number of carbonyl (C=O) groups excluding carboxylic acids is 1. The van der Waals surface area contributed by atoms with Gasteiger partial charge in [0.1, 0.15) is 23.0 Å². The third kappa shape index (κ3) is 8.83. The molecule has 324 valence electrons. The van der Waals surface area contributed by atoms with Gasteiger partial charge >= 0.3 is 18.3 Å². The number of fused-ring (bicyclic) bond motifs is 2. The molecule has 6 heterocycles. The van der Waals surface area contributed by atoms with Crippen LogP contribution in [0.4, 0.5) is 23.8 Å². The van der Waals surface area contributed by atoms with Crippen molar-refractivity contribution in [2.45, 2.75) is 90.0 Å². The van der Waals surface area contributed by atoms with Crippen molar-refractivity contribution in [1.29, 1.82) is 0 Å². The van der Waals surface area contributed by atoms with E-state index in [4.69, 9.17) is 28.9 Å². The topological polar surface area (TPSA) is 121 Å². The van der Waals surface area contributed by atoms with E-state index in [9.17, 15) is 18.0 Å². The maximum Gasteiger partial charge on any atom is 0.422 e. The van der Waals surface area contributed by atoms with Gasteiger partial charge in [0.25, 0.3) is 0 Å². The molecular weight excluding hydrogens is 778 g/mol. The van der Waals surface area contributed by atoms with E-state index in [2.05, 4.69) is 31.0 Å². The molecule has 1 spiro atoms. The average molecular weight is 835 g/mol. The number of piperidine rings is 2. The van der Waals surface area contributed by atoms with Crippen LogP contribution in [0.2, 0.25) is 0 Å². The highest BCUT2D eigenvalue weighted by molar-refractivity contribution is 6.06. The summed E-state index contributed by atoms with van der Waals surface area (Å²) in [5.74, 6) is 0.880. The van der Waals surface area contributed by atoms with E-state index in [1.807, 2.05) is 39.8 Å².